The molecule has 1 saturated carbocycles. The number of ether oxygens (including phenoxy) is 1. The van der Waals surface area contributed by atoms with Gasteiger partial charge in [-0.15, -0.1) is 0 Å². The van der Waals surface area contributed by atoms with Gasteiger partial charge in [-0.2, -0.15) is 0 Å². The normalized spacial score (nSPS) is 15.5. The van der Waals surface area contributed by atoms with Gasteiger partial charge in [0.05, 0.1) is 17.3 Å². The van der Waals surface area contributed by atoms with E-state index in [-0.39, 0.29) is 5.69 Å². The number of nitrogens with one attached hydrogen (secondary N) is 1. The van der Waals surface area contributed by atoms with Crippen molar-refractivity contribution in [2.24, 2.45) is 0 Å². The van der Waals surface area contributed by atoms with Gasteiger partial charge in [-0.3, -0.25) is 5.32 Å². The summed E-state index contributed by atoms with van der Waals surface area (Å²) in [6.07, 6.45) is 6.02. The van der Waals surface area contributed by atoms with Gasteiger partial charge in [0, 0.05) is 12.2 Å². The molecule has 0 spiro atoms. The summed E-state index contributed by atoms with van der Waals surface area (Å²) in [5.74, 6) is -0.462. The number of carbonyl (C=O) groups is 1. The molecule has 1 amide bonds. The number of amides is 1. The van der Waals surface area contributed by atoms with Crippen LogP contribution >= 0.6 is 0 Å². The van der Waals surface area contributed by atoms with E-state index >= 15 is 0 Å². The monoisotopic (exact) mass is 319 g/mol. The smallest absolute Gasteiger partial charge is 0.412 e. The van der Waals surface area contributed by atoms with E-state index < -0.39 is 17.5 Å². The lowest BCUT2D eigenvalue weighted by atomic mass is 9.93. The zero-order chi connectivity index (χ0) is 16.8. The van der Waals surface area contributed by atoms with Crippen molar-refractivity contribution in [2.45, 2.75) is 58.6 Å². The van der Waals surface area contributed by atoms with Crippen molar-refractivity contribution in [2.75, 3.05) is 5.32 Å². The number of nitrogens with zero attached hydrogens (tertiary/aromatic N) is 2. The minimum Gasteiger partial charge on any atom is -0.444 e. The summed E-state index contributed by atoms with van der Waals surface area (Å²) in [6, 6.07) is 0.405. The molecule has 6 heteroatoms. The molecule has 2 aromatic heterocycles. The Morgan fingerprint density at radius 1 is 1.43 bits per heavy atom. The first-order valence-corrected chi connectivity index (χ1v) is 7.92. The number of aryl methyl sites for hydroxylation is 1. The first kappa shape index (κ1) is 15.8. The second kappa shape index (κ2) is 5.51. The minimum absolute atomic E-state index is 0.0428. The quantitative estimate of drug-likeness (QED) is 0.883. The van der Waals surface area contributed by atoms with Crippen LogP contribution in [0, 0.1) is 12.7 Å². The van der Waals surface area contributed by atoms with Crippen LogP contribution in [0.25, 0.3) is 11.0 Å². The fourth-order valence-corrected chi connectivity index (χ4v) is 2.80. The molecule has 0 unspecified atom stereocenters. The van der Waals surface area contributed by atoms with Crippen molar-refractivity contribution < 1.29 is 13.9 Å². The highest BCUT2D eigenvalue weighted by molar-refractivity contribution is 5.90. The van der Waals surface area contributed by atoms with E-state index in [9.17, 15) is 9.18 Å². The van der Waals surface area contributed by atoms with Gasteiger partial charge in [-0.05, 0) is 52.5 Å². The van der Waals surface area contributed by atoms with E-state index in [1.165, 1.54) is 12.6 Å². The maximum absolute atomic E-state index is 14.8. The van der Waals surface area contributed by atoms with E-state index in [4.69, 9.17) is 4.74 Å². The van der Waals surface area contributed by atoms with Crippen LogP contribution in [0.4, 0.5) is 14.9 Å². The van der Waals surface area contributed by atoms with Crippen LogP contribution in [-0.4, -0.2) is 21.2 Å². The Kier molecular flexibility index (Phi) is 3.78. The highest BCUT2D eigenvalue weighted by Gasteiger charge is 2.25. The van der Waals surface area contributed by atoms with Gasteiger partial charge in [0.25, 0.3) is 0 Å². The van der Waals surface area contributed by atoms with Crippen LogP contribution in [0.3, 0.4) is 0 Å². The van der Waals surface area contributed by atoms with Crippen molar-refractivity contribution in [1.29, 1.82) is 0 Å². The van der Waals surface area contributed by atoms with Gasteiger partial charge >= 0.3 is 6.09 Å². The van der Waals surface area contributed by atoms with Crippen LogP contribution in [0.1, 0.15) is 51.6 Å². The van der Waals surface area contributed by atoms with E-state index in [1.54, 1.807) is 20.8 Å². The van der Waals surface area contributed by atoms with E-state index in [2.05, 4.69) is 14.9 Å². The molecule has 0 atom stereocenters. The molecule has 124 valence electrons. The summed E-state index contributed by atoms with van der Waals surface area (Å²) >= 11 is 0. The molecule has 5 nitrogen and oxygen atoms in total. The van der Waals surface area contributed by atoms with Gasteiger partial charge in [-0.25, -0.2) is 14.2 Å². The number of hydrogen-bond acceptors (Lipinski definition) is 3. The molecule has 23 heavy (non-hydrogen) atoms. The van der Waals surface area contributed by atoms with E-state index in [0.717, 1.165) is 18.4 Å². The summed E-state index contributed by atoms with van der Waals surface area (Å²) in [6.45, 7) is 7.13. The Labute approximate surface area is 134 Å². The fourth-order valence-electron chi connectivity index (χ4n) is 2.80. The van der Waals surface area contributed by atoms with E-state index in [1.807, 2.05) is 13.1 Å². The first-order valence-electron chi connectivity index (χ1n) is 7.92. The molecule has 0 radical (unpaired) electrons. The summed E-state index contributed by atoms with van der Waals surface area (Å²) in [4.78, 5) is 16.2. The lowest BCUT2D eigenvalue weighted by Crippen LogP contribution is -2.27. The number of carbonyl (C=O) groups excluding carboxylic acids is 1. The fraction of sp³-hybridized carbons (Fsp3) is 0.529. The molecule has 0 aromatic carbocycles. The predicted molar refractivity (Wildman–Crippen MR) is 87.2 cm³/mol. The predicted octanol–water partition coefficient (Wildman–Crippen LogP) is 4.56. The molecular weight excluding hydrogens is 297 g/mol. The summed E-state index contributed by atoms with van der Waals surface area (Å²) in [5.41, 5.74) is 0.868. The summed E-state index contributed by atoms with van der Waals surface area (Å²) < 4.78 is 22.0. The van der Waals surface area contributed by atoms with Crippen molar-refractivity contribution in [3.05, 3.63) is 23.8 Å². The molecule has 1 aliphatic rings. The highest BCUT2D eigenvalue weighted by atomic mass is 19.1. The Bertz CT molecular complexity index is 757. The average Bonchev–Trinajstić information content (AvgIpc) is 2.66. The molecule has 1 fully saturated rings. The maximum Gasteiger partial charge on any atom is 0.412 e. The zero-order valence-corrected chi connectivity index (χ0v) is 13.9. The van der Waals surface area contributed by atoms with Crippen LogP contribution in [0.5, 0.6) is 0 Å². The Morgan fingerprint density at radius 3 is 2.70 bits per heavy atom. The topological polar surface area (TPSA) is 56.2 Å². The SMILES string of the molecule is Cc1cn(C2CCC2)c2ncc(NC(=O)OC(C)(C)C)c(F)c12. The number of pyridine rings is 1. The van der Waals surface area contributed by atoms with Crippen LogP contribution < -0.4 is 5.32 Å². The first-order chi connectivity index (χ1) is 10.8. The van der Waals surface area contributed by atoms with Crippen molar-refractivity contribution >= 4 is 22.8 Å². The number of hydrogen-bond donors (Lipinski definition) is 1. The average molecular weight is 319 g/mol. The number of fused-ring (bicyclic) bond motifs is 1. The van der Waals surface area contributed by atoms with Crippen molar-refractivity contribution in [1.82, 2.24) is 9.55 Å². The number of anilines is 1. The number of rotatable bonds is 2. The molecule has 0 saturated heterocycles. The third-order valence-electron chi connectivity index (χ3n) is 4.07. The molecule has 2 heterocycles. The van der Waals surface area contributed by atoms with Crippen molar-refractivity contribution in [3.63, 3.8) is 0 Å². The molecule has 3 rings (SSSR count). The third kappa shape index (κ3) is 3.02. The van der Waals surface area contributed by atoms with Gasteiger partial charge < -0.3 is 9.30 Å². The molecular formula is C17H22FN3O2. The van der Waals surface area contributed by atoms with Gasteiger partial charge in [0.1, 0.15) is 11.2 Å². The van der Waals surface area contributed by atoms with Gasteiger partial charge in [-0.1, -0.05) is 0 Å². The molecule has 1 aliphatic carbocycles. The van der Waals surface area contributed by atoms with Gasteiger partial charge in [0.15, 0.2) is 5.82 Å². The largest absolute Gasteiger partial charge is 0.444 e. The number of aromatic nitrogens is 2. The Morgan fingerprint density at radius 2 is 2.13 bits per heavy atom. The van der Waals surface area contributed by atoms with Crippen LogP contribution in [-0.2, 0) is 4.74 Å². The van der Waals surface area contributed by atoms with Crippen LogP contribution in [0.15, 0.2) is 12.4 Å². The second-order valence-electron chi connectivity index (χ2n) is 7.12. The Hall–Kier alpha value is -2.11. The maximum atomic E-state index is 14.8. The molecule has 2 aromatic rings. The lowest BCUT2D eigenvalue weighted by Gasteiger charge is -2.27. The second-order valence-corrected chi connectivity index (χ2v) is 7.12. The minimum atomic E-state index is -0.686. The molecule has 0 bridgehead atoms. The van der Waals surface area contributed by atoms with Gasteiger partial charge in [0.2, 0.25) is 0 Å². The molecule has 1 N–H and O–H groups in total. The van der Waals surface area contributed by atoms with Crippen LogP contribution in [0.2, 0.25) is 0 Å². The highest BCUT2D eigenvalue weighted by Crippen LogP contribution is 2.36. The zero-order valence-electron chi connectivity index (χ0n) is 13.9. The summed E-state index contributed by atoms with van der Waals surface area (Å²) in [5, 5.41) is 2.91. The van der Waals surface area contributed by atoms with E-state index in [0.29, 0.717) is 17.1 Å². The number of halogens is 1. The molecule has 0 aliphatic heterocycles. The third-order valence-corrected chi connectivity index (χ3v) is 4.07. The Balaban J connectivity index is 1.93. The summed E-state index contributed by atoms with van der Waals surface area (Å²) in [7, 11) is 0. The standard InChI is InChI=1S/C17H22FN3O2/c1-10-9-21(11-6-5-7-11)15-13(10)14(18)12(8-19-15)20-16(22)23-17(2,3)4/h8-9,11H,5-7H2,1-4H3,(H,20,22). The lowest BCUT2D eigenvalue weighted by molar-refractivity contribution is 0.0635. The van der Waals surface area contributed by atoms with Crippen molar-refractivity contribution in [3.8, 4) is 0 Å².